The number of anilines is 1. The van der Waals surface area contributed by atoms with Crippen LogP contribution in [0.2, 0.25) is 0 Å². The van der Waals surface area contributed by atoms with Crippen molar-refractivity contribution in [3.8, 4) is 0 Å². The van der Waals surface area contributed by atoms with Gasteiger partial charge in [-0.1, -0.05) is 6.92 Å². The molecule has 0 radical (unpaired) electrons. The van der Waals surface area contributed by atoms with Crippen molar-refractivity contribution in [2.45, 2.75) is 13.3 Å². The largest absolute Gasteiger partial charge is 0.365 e. The van der Waals surface area contributed by atoms with Gasteiger partial charge in [-0.05, 0) is 36.9 Å². The molecule has 5 heteroatoms. The molecule has 98 valence electrons. The summed E-state index contributed by atoms with van der Waals surface area (Å²) in [5, 5.41) is 0. The van der Waals surface area contributed by atoms with E-state index in [0.29, 0.717) is 29.8 Å². The molecule has 1 amide bonds. The molecule has 4 N–H and O–H groups in total. The van der Waals surface area contributed by atoms with Gasteiger partial charge >= 0.3 is 0 Å². The van der Waals surface area contributed by atoms with Crippen molar-refractivity contribution in [2.24, 2.45) is 23.3 Å². The molecule has 0 bridgehead atoms. The van der Waals surface area contributed by atoms with Crippen LogP contribution in [0.5, 0.6) is 0 Å². The first kappa shape index (κ1) is 12.8. The van der Waals surface area contributed by atoms with Crippen LogP contribution in [0.3, 0.4) is 0 Å². The summed E-state index contributed by atoms with van der Waals surface area (Å²) in [5.41, 5.74) is 11.7. The van der Waals surface area contributed by atoms with Crippen molar-refractivity contribution in [1.82, 2.24) is 4.98 Å². The third kappa shape index (κ3) is 2.46. The third-order valence-electron chi connectivity index (χ3n) is 3.77. The van der Waals surface area contributed by atoms with Gasteiger partial charge in [-0.3, -0.25) is 4.79 Å². The number of nitrogens with two attached hydrogens (primary N) is 2. The summed E-state index contributed by atoms with van der Waals surface area (Å²) < 4.78 is 0. The topological polar surface area (TPSA) is 85.2 Å². The average molecular weight is 248 g/mol. The van der Waals surface area contributed by atoms with Gasteiger partial charge in [0.1, 0.15) is 5.82 Å². The predicted octanol–water partition coefficient (Wildman–Crippen LogP) is 0.602. The molecule has 2 rings (SSSR count). The van der Waals surface area contributed by atoms with Gasteiger partial charge in [-0.2, -0.15) is 0 Å². The van der Waals surface area contributed by atoms with Crippen LogP contribution in [0.15, 0.2) is 18.3 Å². The lowest BCUT2D eigenvalue weighted by Gasteiger charge is -2.37. The third-order valence-corrected chi connectivity index (χ3v) is 3.77. The Bertz CT molecular complexity index is 435. The van der Waals surface area contributed by atoms with Crippen molar-refractivity contribution >= 4 is 11.7 Å². The summed E-state index contributed by atoms with van der Waals surface area (Å²) in [7, 11) is 0. The number of hydrogen-bond acceptors (Lipinski definition) is 4. The molecule has 0 aliphatic carbocycles. The molecule has 5 nitrogen and oxygen atoms in total. The number of carbonyl (C=O) groups is 1. The van der Waals surface area contributed by atoms with E-state index in [0.717, 1.165) is 19.5 Å². The minimum Gasteiger partial charge on any atom is -0.365 e. The molecule has 1 aliphatic heterocycles. The normalized spacial score (nSPS) is 24.0. The minimum atomic E-state index is -0.430. The molecule has 0 saturated carbocycles. The number of carbonyl (C=O) groups excluding carboxylic acids is 1. The highest BCUT2D eigenvalue weighted by Crippen LogP contribution is 2.27. The van der Waals surface area contributed by atoms with Crippen molar-refractivity contribution in [3.63, 3.8) is 0 Å². The number of hydrogen-bond donors (Lipinski definition) is 2. The molecule has 1 aromatic rings. The fourth-order valence-corrected chi connectivity index (χ4v) is 2.49. The van der Waals surface area contributed by atoms with Gasteiger partial charge in [0.05, 0.1) is 5.56 Å². The van der Waals surface area contributed by atoms with E-state index >= 15 is 0 Å². The monoisotopic (exact) mass is 248 g/mol. The fourth-order valence-electron chi connectivity index (χ4n) is 2.49. The molecule has 1 saturated heterocycles. The van der Waals surface area contributed by atoms with Crippen LogP contribution in [0.4, 0.5) is 5.82 Å². The predicted molar refractivity (Wildman–Crippen MR) is 71.3 cm³/mol. The van der Waals surface area contributed by atoms with Gasteiger partial charge < -0.3 is 16.4 Å². The second kappa shape index (κ2) is 5.35. The second-order valence-electron chi connectivity index (χ2n) is 4.95. The molecule has 18 heavy (non-hydrogen) atoms. The van der Waals surface area contributed by atoms with Gasteiger partial charge in [-0.15, -0.1) is 0 Å². The molecule has 1 fully saturated rings. The maximum atomic E-state index is 11.4. The average Bonchev–Trinajstić information content (AvgIpc) is 2.39. The summed E-state index contributed by atoms with van der Waals surface area (Å²) in [4.78, 5) is 17.8. The Morgan fingerprint density at radius 1 is 1.61 bits per heavy atom. The van der Waals surface area contributed by atoms with Crippen molar-refractivity contribution in [1.29, 1.82) is 0 Å². The SMILES string of the molecule is CC1CCN(c2ncccc2C(N)=O)CC1CN. The number of nitrogens with zero attached hydrogens (tertiary/aromatic N) is 2. The molecule has 2 heterocycles. The number of pyridine rings is 1. The second-order valence-corrected chi connectivity index (χ2v) is 4.95. The zero-order valence-electron chi connectivity index (χ0n) is 10.7. The van der Waals surface area contributed by atoms with Crippen LogP contribution in [0, 0.1) is 11.8 Å². The van der Waals surface area contributed by atoms with E-state index in [1.54, 1.807) is 18.3 Å². The highest BCUT2D eigenvalue weighted by atomic mass is 16.1. The van der Waals surface area contributed by atoms with E-state index in [9.17, 15) is 4.79 Å². The van der Waals surface area contributed by atoms with E-state index in [1.165, 1.54) is 0 Å². The minimum absolute atomic E-state index is 0.430. The van der Waals surface area contributed by atoms with Gasteiger partial charge in [0, 0.05) is 19.3 Å². The van der Waals surface area contributed by atoms with Crippen LogP contribution >= 0.6 is 0 Å². The van der Waals surface area contributed by atoms with Gasteiger partial charge in [-0.25, -0.2) is 4.98 Å². The summed E-state index contributed by atoms with van der Waals surface area (Å²) in [6.45, 7) is 4.63. The lowest BCUT2D eigenvalue weighted by Crippen LogP contribution is -2.43. The van der Waals surface area contributed by atoms with Crippen molar-refractivity contribution in [3.05, 3.63) is 23.9 Å². The van der Waals surface area contributed by atoms with E-state index < -0.39 is 5.91 Å². The first-order valence-corrected chi connectivity index (χ1v) is 6.33. The van der Waals surface area contributed by atoms with Gasteiger partial charge in [0.25, 0.3) is 5.91 Å². The molecule has 2 unspecified atom stereocenters. The van der Waals surface area contributed by atoms with E-state index in [2.05, 4.69) is 16.8 Å². The Balaban J connectivity index is 2.24. The zero-order valence-corrected chi connectivity index (χ0v) is 10.7. The Labute approximate surface area is 107 Å². The van der Waals surface area contributed by atoms with E-state index in [1.807, 2.05) is 0 Å². The molecule has 0 spiro atoms. The Hall–Kier alpha value is -1.62. The first-order chi connectivity index (χ1) is 8.63. The zero-order chi connectivity index (χ0) is 13.1. The molecule has 1 aliphatic rings. The highest BCUT2D eigenvalue weighted by molar-refractivity contribution is 5.97. The summed E-state index contributed by atoms with van der Waals surface area (Å²) in [5.74, 6) is 1.32. The van der Waals surface area contributed by atoms with Crippen LogP contribution in [-0.2, 0) is 0 Å². The van der Waals surface area contributed by atoms with E-state index in [-0.39, 0.29) is 0 Å². The summed E-state index contributed by atoms with van der Waals surface area (Å²) >= 11 is 0. The number of amides is 1. The van der Waals surface area contributed by atoms with Crippen LogP contribution < -0.4 is 16.4 Å². The Kier molecular flexibility index (Phi) is 3.81. The maximum absolute atomic E-state index is 11.4. The van der Waals surface area contributed by atoms with Crippen LogP contribution in [0.25, 0.3) is 0 Å². The highest BCUT2D eigenvalue weighted by Gasteiger charge is 2.27. The summed E-state index contributed by atoms with van der Waals surface area (Å²) in [6, 6.07) is 3.46. The first-order valence-electron chi connectivity index (χ1n) is 6.33. The molecular weight excluding hydrogens is 228 g/mol. The number of piperidine rings is 1. The van der Waals surface area contributed by atoms with Gasteiger partial charge in [0.2, 0.25) is 0 Å². The van der Waals surface area contributed by atoms with Gasteiger partial charge in [0.15, 0.2) is 0 Å². The van der Waals surface area contributed by atoms with Crippen molar-refractivity contribution < 1.29 is 4.79 Å². The smallest absolute Gasteiger partial charge is 0.252 e. The van der Waals surface area contributed by atoms with E-state index in [4.69, 9.17) is 11.5 Å². The lowest BCUT2D eigenvalue weighted by atomic mass is 9.87. The number of rotatable bonds is 3. The quantitative estimate of drug-likeness (QED) is 0.820. The molecule has 0 aromatic carbocycles. The fraction of sp³-hybridized carbons (Fsp3) is 0.538. The molecule has 1 aromatic heterocycles. The standard InChI is InChI=1S/C13H20N4O/c1-9-4-6-17(8-10(9)7-14)13-11(12(15)18)3-2-5-16-13/h2-3,5,9-10H,4,6-8,14H2,1H3,(H2,15,18). The number of aromatic nitrogens is 1. The maximum Gasteiger partial charge on any atom is 0.252 e. The Morgan fingerprint density at radius 3 is 3.06 bits per heavy atom. The van der Waals surface area contributed by atoms with Crippen LogP contribution in [-0.4, -0.2) is 30.5 Å². The summed E-state index contributed by atoms with van der Waals surface area (Å²) in [6.07, 6.45) is 2.76. The Morgan fingerprint density at radius 2 is 2.39 bits per heavy atom. The molecular formula is C13H20N4O. The van der Waals surface area contributed by atoms with Crippen LogP contribution in [0.1, 0.15) is 23.7 Å². The number of primary amides is 1. The van der Waals surface area contributed by atoms with Crippen molar-refractivity contribution in [2.75, 3.05) is 24.5 Å². The lowest BCUT2D eigenvalue weighted by molar-refractivity contribution is 0.1000. The molecule has 2 atom stereocenters.